The molecule has 0 amide bonds. The predicted molar refractivity (Wildman–Crippen MR) is 72.3 cm³/mol. The molecule has 1 saturated carbocycles. The quantitative estimate of drug-likeness (QED) is 0.784. The predicted octanol–water partition coefficient (Wildman–Crippen LogP) is 2.57. The van der Waals surface area contributed by atoms with Crippen molar-refractivity contribution in [1.82, 2.24) is 10.3 Å². The Hall–Kier alpha value is -1.09. The number of rotatable bonds is 7. The molecule has 1 N–H and O–H groups in total. The van der Waals surface area contributed by atoms with Crippen molar-refractivity contribution in [2.24, 2.45) is 0 Å². The van der Waals surface area contributed by atoms with Crippen LogP contribution in [0.15, 0.2) is 18.3 Å². The van der Waals surface area contributed by atoms with Crippen LogP contribution < -0.4 is 10.2 Å². The van der Waals surface area contributed by atoms with Crippen molar-refractivity contribution in [2.75, 3.05) is 18.0 Å². The maximum atomic E-state index is 4.53. The Morgan fingerprint density at radius 1 is 1.41 bits per heavy atom. The molecule has 1 aromatic heterocycles. The fraction of sp³-hybridized carbons (Fsp3) is 0.643. The molecule has 1 heterocycles. The first-order chi connectivity index (χ1) is 8.35. The molecule has 94 valence electrons. The minimum Gasteiger partial charge on any atom is -0.354 e. The van der Waals surface area contributed by atoms with Crippen LogP contribution in [-0.2, 0) is 6.54 Å². The van der Waals surface area contributed by atoms with Gasteiger partial charge in [0.25, 0.3) is 0 Å². The molecule has 1 aliphatic rings. The van der Waals surface area contributed by atoms with Crippen LogP contribution in [0.5, 0.6) is 0 Å². The van der Waals surface area contributed by atoms with Gasteiger partial charge in [-0.25, -0.2) is 4.98 Å². The number of aromatic nitrogens is 1. The normalized spacial score (nSPS) is 14.9. The summed E-state index contributed by atoms with van der Waals surface area (Å²) in [7, 11) is 0. The Balaban J connectivity index is 2.07. The zero-order chi connectivity index (χ0) is 12.1. The summed E-state index contributed by atoms with van der Waals surface area (Å²) in [6.45, 7) is 7.45. The fourth-order valence-corrected chi connectivity index (χ4v) is 2.11. The van der Waals surface area contributed by atoms with E-state index in [0.29, 0.717) is 0 Å². The lowest BCUT2D eigenvalue weighted by atomic mass is 10.2. The van der Waals surface area contributed by atoms with Crippen LogP contribution in [0.4, 0.5) is 5.82 Å². The van der Waals surface area contributed by atoms with E-state index in [1.54, 1.807) is 0 Å². The topological polar surface area (TPSA) is 28.2 Å². The van der Waals surface area contributed by atoms with Crippen LogP contribution in [0, 0.1) is 0 Å². The minimum atomic E-state index is 0.747. The molecule has 0 aliphatic heterocycles. The van der Waals surface area contributed by atoms with Gasteiger partial charge >= 0.3 is 0 Å². The molecule has 0 aromatic carbocycles. The molecule has 17 heavy (non-hydrogen) atoms. The van der Waals surface area contributed by atoms with Crippen LogP contribution in [0.1, 0.15) is 38.7 Å². The van der Waals surface area contributed by atoms with Crippen LogP contribution in [0.3, 0.4) is 0 Å². The van der Waals surface area contributed by atoms with Gasteiger partial charge in [-0.3, -0.25) is 0 Å². The maximum Gasteiger partial charge on any atom is 0.129 e. The monoisotopic (exact) mass is 233 g/mol. The second-order valence-electron chi connectivity index (χ2n) is 4.73. The van der Waals surface area contributed by atoms with Gasteiger partial charge in [-0.1, -0.05) is 13.8 Å². The van der Waals surface area contributed by atoms with Crippen molar-refractivity contribution in [2.45, 2.75) is 45.7 Å². The molecule has 0 atom stereocenters. The third-order valence-electron chi connectivity index (χ3n) is 3.14. The number of anilines is 1. The molecular formula is C14H23N3. The number of hydrogen-bond acceptors (Lipinski definition) is 3. The molecular weight excluding hydrogens is 210 g/mol. The average Bonchev–Trinajstić information content (AvgIpc) is 3.18. The van der Waals surface area contributed by atoms with Gasteiger partial charge in [0.1, 0.15) is 5.82 Å². The molecule has 1 fully saturated rings. The van der Waals surface area contributed by atoms with Gasteiger partial charge in [0.15, 0.2) is 0 Å². The molecule has 0 spiro atoms. The summed E-state index contributed by atoms with van der Waals surface area (Å²) in [6.07, 6.45) is 5.79. The Morgan fingerprint density at radius 2 is 2.24 bits per heavy atom. The van der Waals surface area contributed by atoms with Gasteiger partial charge in [-0.15, -0.1) is 0 Å². The highest BCUT2D eigenvalue weighted by Gasteiger charge is 2.29. The first-order valence-electron chi connectivity index (χ1n) is 6.77. The zero-order valence-corrected chi connectivity index (χ0v) is 10.9. The third kappa shape index (κ3) is 3.43. The maximum absolute atomic E-state index is 4.53. The number of pyridine rings is 1. The summed E-state index contributed by atoms with van der Waals surface area (Å²) in [4.78, 5) is 6.99. The van der Waals surface area contributed by atoms with Gasteiger partial charge in [-0.05, 0) is 43.5 Å². The lowest BCUT2D eigenvalue weighted by Gasteiger charge is -2.23. The van der Waals surface area contributed by atoms with Crippen LogP contribution in [0.2, 0.25) is 0 Å². The standard InChI is InChI=1S/C14H23N3/c1-3-9-17(13-5-6-13)14-10-12(7-8-16-14)11-15-4-2/h7-8,10,13,15H,3-6,9,11H2,1-2H3. The number of nitrogens with zero attached hydrogens (tertiary/aromatic N) is 2. The summed E-state index contributed by atoms with van der Waals surface area (Å²) in [5.74, 6) is 1.16. The molecule has 0 unspecified atom stereocenters. The zero-order valence-electron chi connectivity index (χ0n) is 10.9. The molecule has 3 heteroatoms. The van der Waals surface area contributed by atoms with Gasteiger partial charge in [-0.2, -0.15) is 0 Å². The lowest BCUT2D eigenvalue weighted by molar-refractivity contribution is 0.719. The fourth-order valence-electron chi connectivity index (χ4n) is 2.11. The van der Waals surface area contributed by atoms with Crippen LogP contribution in [-0.4, -0.2) is 24.1 Å². The van der Waals surface area contributed by atoms with Gasteiger partial charge in [0.2, 0.25) is 0 Å². The van der Waals surface area contributed by atoms with E-state index in [1.807, 2.05) is 6.20 Å². The van der Waals surface area contributed by atoms with Crippen LogP contribution >= 0.6 is 0 Å². The highest BCUT2D eigenvalue weighted by atomic mass is 15.2. The summed E-state index contributed by atoms with van der Waals surface area (Å²) in [6, 6.07) is 5.08. The summed E-state index contributed by atoms with van der Waals surface area (Å²) in [5.41, 5.74) is 1.33. The Labute approximate surface area is 104 Å². The Kier molecular flexibility index (Phi) is 4.37. The Morgan fingerprint density at radius 3 is 2.88 bits per heavy atom. The van der Waals surface area contributed by atoms with E-state index in [1.165, 1.54) is 24.8 Å². The number of nitrogens with one attached hydrogen (secondary N) is 1. The van der Waals surface area contributed by atoms with Crippen molar-refractivity contribution in [3.8, 4) is 0 Å². The van der Waals surface area contributed by atoms with E-state index < -0.39 is 0 Å². The van der Waals surface area contributed by atoms with Crippen molar-refractivity contribution in [3.63, 3.8) is 0 Å². The smallest absolute Gasteiger partial charge is 0.129 e. The second-order valence-corrected chi connectivity index (χ2v) is 4.73. The van der Waals surface area contributed by atoms with E-state index >= 15 is 0 Å². The van der Waals surface area contributed by atoms with Crippen LogP contribution in [0.25, 0.3) is 0 Å². The summed E-state index contributed by atoms with van der Waals surface area (Å²) in [5, 5.41) is 3.36. The van der Waals surface area contributed by atoms with E-state index in [-0.39, 0.29) is 0 Å². The van der Waals surface area contributed by atoms with Crippen molar-refractivity contribution < 1.29 is 0 Å². The van der Waals surface area contributed by atoms with E-state index in [0.717, 1.165) is 31.5 Å². The second kappa shape index (κ2) is 6.01. The minimum absolute atomic E-state index is 0.747. The molecule has 0 bridgehead atoms. The first-order valence-corrected chi connectivity index (χ1v) is 6.77. The molecule has 2 rings (SSSR count). The van der Waals surface area contributed by atoms with E-state index in [9.17, 15) is 0 Å². The van der Waals surface area contributed by atoms with Gasteiger partial charge < -0.3 is 10.2 Å². The first kappa shape index (κ1) is 12.4. The molecule has 1 aliphatic carbocycles. The van der Waals surface area contributed by atoms with E-state index in [2.05, 4.69) is 41.2 Å². The summed E-state index contributed by atoms with van der Waals surface area (Å²) >= 11 is 0. The SMILES string of the molecule is CCCN(c1cc(CNCC)ccn1)C1CC1. The van der Waals surface area contributed by atoms with Gasteiger partial charge in [0.05, 0.1) is 0 Å². The van der Waals surface area contributed by atoms with Crippen molar-refractivity contribution in [3.05, 3.63) is 23.9 Å². The number of hydrogen-bond donors (Lipinski definition) is 1. The summed E-state index contributed by atoms with van der Waals surface area (Å²) < 4.78 is 0. The molecule has 0 radical (unpaired) electrons. The van der Waals surface area contributed by atoms with E-state index in [4.69, 9.17) is 0 Å². The third-order valence-corrected chi connectivity index (χ3v) is 3.14. The largest absolute Gasteiger partial charge is 0.354 e. The molecule has 1 aromatic rings. The molecule has 3 nitrogen and oxygen atoms in total. The average molecular weight is 233 g/mol. The highest BCUT2D eigenvalue weighted by Crippen LogP contribution is 2.30. The lowest BCUT2D eigenvalue weighted by Crippen LogP contribution is -2.27. The van der Waals surface area contributed by atoms with Crippen molar-refractivity contribution in [1.29, 1.82) is 0 Å². The van der Waals surface area contributed by atoms with Gasteiger partial charge in [0, 0.05) is 25.3 Å². The molecule has 0 saturated heterocycles. The van der Waals surface area contributed by atoms with Crippen molar-refractivity contribution >= 4 is 5.82 Å². The highest BCUT2D eigenvalue weighted by molar-refractivity contribution is 5.43. The Bertz CT molecular complexity index is 347.